The van der Waals surface area contributed by atoms with E-state index in [1.165, 1.54) is 11.1 Å². The maximum atomic E-state index is 13.0. The van der Waals surface area contributed by atoms with Crippen LogP contribution in [0, 0.1) is 0 Å². The molecule has 0 radical (unpaired) electrons. The average molecular weight is 501 g/mol. The van der Waals surface area contributed by atoms with Crippen molar-refractivity contribution >= 4 is 46.5 Å². The number of rotatable bonds is 8. The molecular weight excluding hydrogens is 480 g/mol. The van der Waals surface area contributed by atoms with Gasteiger partial charge in [0.25, 0.3) is 5.19 Å². The molecule has 1 aliphatic heterocycles. The van der Waals surface area contributed by atoms with Crippen molar-refractivity contribution in [2.75, 3.05) is 11.9 Å². The van der Waals surface area contributed by atoms with E-state index in [0.29, 0.717) is 29.5 Å². The smallest absolute Gasteiger partial charge is 0.347 e. The summed E-state index contributed by atoms with van der Waals surface area (Å²) in [5.41, 5.74) is 1.58. The number of hydrogen-bond donors (Lipinski definition) is 2. The van der Waals surface area contributed by atoms with Crippen LogP contribution < -0.4 is 10.1 Å². The van der Waals surface area contributed by atoms with Crippen molar-refractivity contribution in [2.24, 2.45) is 0 Å². The highest BCUT2D eigenvalue weighted by Crippen LogP contribution is 2.28. The summed E-state index contributed by atoms with van der Waals surface area (Å²) in [4.78, 5) is 43.5. The molecule has 3 amide bonds. The van der Waals surface area contributed by atoms with Gasteiger partial charge in [0, 0.05) is 23.8 Å². The van der Waals surface area contributed by atoms with Gasteiger partial charge in [0.2, 0.25) is 5.91 Å². The number of imide groups is 1. The first-order valence-electron chi connectivity index (χ1n) is 10.4. The summed E-state index contributed by atoms with van der Waals surface area (Å²) in [7, 11) is 0. The first-order chi connectivity index (χ1) is 16.3. The maximum absolute atomic E-state index is 13.0. The summed E-state index contributed by atoms with van der Waals surface area (Å²) in [5, 5.41) is 13.1. The quantitative estimate of drug-likeness (QED) is 0.452. The Morgan fingerprint density at radius 2 is 1.91 bits per heavy atom. The molecular formula is C23H21ClN4O5S. The maximum Gasteiger partial charge on any atom is 0.347 e. The first kappa shape index (κ1) is 23.5. The lowest BCUT2D eigenvalue weighted by Gasteiger charge is -2.40. The molecule has 1 aromatic heterocycles. The van der Waals surface area contributed by atoms with Crippen LogP contribution in [0.1, 0.15) is 28.6 Å². The second-order valence-electron chi connectivity index (χ2n) is 7.46. The predicted octanol–water partition coefficient (Wildman–Crippen LogP) is 4.90. The lowest BCUT2D eigenvalue weighted by Crippen LogP contribution is -2.58. The van der Waals surface area contributed by atoms with Crippen molar-refractivity contribution in [2.45, 2.75) is 26.1 Å². The molecule has 2 aromatic carbocycles. The Hall–Kier alpha value is -3.63. The SMILES string of the molecule is CCN1C(=O)CC(Nc2ccc(Oc3ncc(C(=O)O)s3)cc2)N(Cc2ccc(Cl)cc2)C1=O. The van der Waals surface area contributed by atoms with E-state index in [2.05, 4.69) is 10.3 Å². The number of halogens is 1. The molecule has 4 rings (SSSR count). The van der Waals surface area contributed by atoms with Gasteiger partial charge in [-0.15, -0.1) is 0 Å². The number of carboxylic acids is 1. The number of nitrogens with zero attached hydrogens (tertiary/aromatic N) is 3. The molecule has 1 fully saturated rings. The van der Waals surface area contributed by atoms with Crippen LogP contribution in [0.2, 0.25) is 5.02 Å². The number of thiazole rings is 1. The first-order valence-corrected chi connectivity index (χ1v) is 11.6. The number of carbonyl (C=O) groups excluding carboxylic acids is 2. The number of carboxylic acid groups (broad SMARTS) is 1. The van der Waals surface area contributed by atoms with Gasteiger partial charge in [0.15, 0.2) is 0 Å². The number of hydrogen-bond acceptors (Lipinski definition) is 7. The molecule has 176 valence electrons. The molecule has 0 saturated carbocycles. The van der Waals surface area contributed by atoms with Crippen LogP contribution in [0.25, 0.3) is 0 Å². The molecule has 2 heterocycles. The number of nitrogens with one attached hydrogen (secondary N) is 1. The van der Waals surface area contributed by atoms with Crippen LogP contribution in [0.4, 0.5) is 10.5 Å². The number of amides is 3. The largest absolute Gasteiger partial charge is 0.477 e. The van der Waals surface area contributed by atoms with Gasteiger partial charge in [-0.1, -0.05) is 35.1 Å². The van der Waals surface area contributed by atoms with Crippen molar-refractivity contribution < 1.29 is 24.2 Å². The van der Waals surface area contributed by atoms with E-state index < -0.39 is 12.1 Å². The third kappa shape index (κ3) is 5.29. The molecule has 1 unspecified atom stereocenters. The summed E-state index contributed by atoms with van der Waals surface area (Å²) < 4.78 is 5.61. The highest BCUT2D eigenvalue weighted by atomic mass is 35.5. The van der Waals surface area contributed by atoms with Crippen molar-refractivity contribution in [3.63, 3.8) is 0 Å². The van der Waals surface area contributed by atoms with Crippen LogP contribution in [-0.2, 0) is 11.3 Å². The number of benzene rings is 2. The number of anilines is 1. The van der Waals surface area contributed by atoms with Gasteiger partial charge in [-0.2, -0.15) is 0 Å². The van der Waals surface area contributed by atoms with Gasteiger partial charge in [-0.05, 0) is 48.9 Å². The summed E-state index contributed by atoms with van der Waals surface area (Å²) in [6, 6.07) is 13.8. The summed E-state index contributed by atoms with van der Waals surface area (Å²) >= 11 is 6.91. The lowest BCUT2D eigenvalue weighted by molar-refractivity contribution is -0.132. The minimum atomic E-state index is -1.06. The minimum absolute atomic E-state index is 0.0850. The van der Waals surface area contributed by atoms with Crippen LogP contribution >= 0.6 is 22.9 Å². The van der Waals surface area contributed by atoms with E-state index in [1.807, 2.05) is 12.1 Å². The Kier molecular flexibility index (Phi) is 6.99. The monoisotopic (exact) mass is 500 g/mol. The molecule has 1 saturated heterocycles. The topological polar surface area (TPSA) is 112 Å². The molecule has 1 aliphatic rings. The van der Waals surface area contributed by atoms with Crippen molar-refractivity contribution in [1.29, 1.82) is 0 Å². The molecule has 3 aromatic rings. The third-order valence-electron chi connectivity index (χ3n) is 5.19. The van der Waals surface area contributed by atoms with Crippen molar-refractivity contribution in [1.82, 2.24) is 14.8 Å². The van der Waals surface area contributed by atoms with Gasteiger partial charge in [0.1, 0.15) is 16.8 Å². The van der Waals surface area contributed by atoms with Gasteiger partial charge in [-0.3, -0.25) is 14.6 Å². The van der Waals surface area contributed by atoms with E-state index >= 15 is 0 Å². The van der Waals surface area contributed by atoms with Crippen LogP contribution in [-0.4, -0.2) is 50.5 Å². The second kappa shape index (κ2) is 10.1. The summed E-state index contributed by atoms with van der Waals surface area (Å²) in [6.07, 6.45) is 0.828. The Labute approximate surface area is 204 Å². The fourth-order valence-electron chi connectivity index (χ4n) is 3.50. The minimum Gasteiger partial charge on any atom is -0.477 e. The zero-order valence-electron chi connectivity index (χ0n) is 18.1. The highest BCUT2D eigenvalue weighted by molar-refractivity contribution is 7.15. The van der Waals surface area contributed by atoms with Crippen LogP contribution in [0.3, 0.4) is 0 Å². The Balaban J connectivity index is 1.48. The Morgan fingerprint density at radius 3 is 2.53 bits per heavy atom. The predicted molar refractivity (Wildman–Crippen MR) is 127 cm³/mol. The normalized spacial score (nSPS) is 16.0. The fourth-order valence-corrected chi connectivity index (χ4v) is 4.25. The lowest BCUT2D eigenvalue weighted by atomic mass is 10.1. The average Bonchev–Trinajstić information content (AvgIpc) is 3.28. The molecule has 0 bridgehead atoms. The van der Waals surface area contributed by atoms with Crippen molar-refractivity contribution in [3.05, 3.63) is 70.2 Å². The van der Waals surface area contributed by atoms with Crippen molar-refractivity contribution in [3.8, 4) is 10.9 Å². The standard InChI is InChI=1S/C23H21ClN4O5S/c1-2-27-20(29)11-19(28(23(27)32)13-14-3-5-15(24)6-4-14)26-16-7-9-17(10-8-16)33-22-25-12-18(34-22)21(30)31/h3-10,12,19,26H,2,11,13H2,1H3,(H,30,31). The van der Waals surface area contributed by atoms with E-state index in [0.717, 1.165) is 16.9 Å². The molecule has 2 N–H and O–H groups in total. The van der Waals surface area contributed by atoms with E-state index in [4.69, 9.17) is 21.4 Å². The van der Waals surface area contributed by atoms with E-state index in [9.17, 15) is 14.4 Å². The Morgan fingerprint density at radius 1 is 1.21 bits per heavy atom. The van der Waals surface area contributed by atoms with E-state index in [1.54, 1.807) is 48.2 Å². The molecule has 1 atom stereocenters. The summed E-state index contributed by atoms with van der Waals surface area (Å²) in [6.45, 7) is 2.38. The van der Waals surface area contributed by atoms with Gasteiger partial charge in [-0.25, -0.2) is 14.6 Å². The number of aromatic nitrogens is 1. The van der Waals surface area contributed by atoms with Gasteiger partial charge >= 0.3 is 12.0 Å². The third-order valence-corrected chi connectivity index (χ3v) is 6.31. The molecule has 9 nitrogen and oxygen atoms in total. The molecule has 0 aliphatic carbocycles. The van der Waals surface area contributed by atoms with Crippen LogP contribution in [0.15, 0.2) is 54.7 Å². The van der Waals surface area contributed by atoms with E-state index in [-0.39, 0.29) is 28.4 Å². The molecule has 11 heteroatoms. The molecule has 0 spiro atoms. The van der Waals surface area contributed by atoms with Gasteiger partial charge in [0.05, 0.1) is 12.6 Å². The number of aromatic carboxylic acids is 1. The summed E-state index contributed by atoms with van der Waals surface area (Å²) in [5.74, 6) is -0.827. The second-order valence-corrected chi connectivity index (χ2v) is 8.89. The fraction of sp³-hybridized carbons (Fsp3) is 0.217. The number of urea groups is 1. The number of ether oxygens (including phenoxy) is 1. The van der Waals surface area contributed by atoms with Crippen LogP contribution in [0.5, 0.6) is 10.9 Å². The zero-order chi connectivity index (χ0) is 24.2. The number of carbonyl (C=O) groups is 3. The molecule has 34 heavy (non-hydrogen) atoms. The Bertz CT molecular complexity index is 1200. The van der Waals surface area contributed by atoms with Gasteiger partial charge < -0.3 is 15.2 Å². The zero-order valence-corrected chi connectivity index (χ0v) is 19.7. The highest BCUT2D eigenvalue weighted by Gasteiger charge is 2.38.